The molecule has 0 N–H and O–H groups in total. The highest BCUT2D eigenvalue weighted by Crippen LogP contribution is 2.30. The quantitative estimate of drug-likeness (QED) is 0.721. The summed E-state index contributed by atoms with van der Waals surface area (Å²) < 4.78 is 0. The van der Waals surface area contributed by atoms with E-state index in [-0.39, 0.29) is 0 Å². The average Bonchev–Trinajstić information content (AvgIpc) is 3.10. The van der Waals surface area contributed by atoms with E-state index in [4.69, 9.17) is 11.6 Å². The first-order chi connectivity index (χ1) is 7.33. The minimum atomic E-state index is 0.432. The molecule has 1 aromatic rings. The SMILES string of the molecule is CCN(CC1CC1)c1cncc(CCl)n1. The Morgan fingerprint density at radius 1 is 1.47 bits per heavy atom. The molecule has 0 amide bonds. The van der Waals surface area contributed by atoms with Crippen LogP contribution in [0.4, 0.5) is 5.82 Å². The van der Waals surface area contributed by atoms with Gasteiger partial charge < -0.3 is 4.90 Å². The first kappa shape index (κ1) is 10.7. The van der Waals surface area contributed by atoms with Crippen LogP contribution in [0, 0.1) is 5.92 Å². The van der Waals surface area contributed by atoms with Gasteiger partial charge in [0.05, 0.1) is 17.8 Å². The molecular weight excluding hydrogens is 210 g/mol. The van der Waals surface area contributed by atoms with Crippen LogP contribution in [0.2, 0.25) is 0 Å². The summed E-state index contributed by atoms with van der Waals surface area (Å²) in [6, 6.07) is 0. The lowest BCUT2D eigenvalue weighted by Gasteiger charge is -2.21. The molecule has 0 saturated heterocycles. The first-order valence-corrected chi connectivity index (χ1v) is 5.98. The highest BCUT2D eigenvalue weighted by atomic mass is 35.5. The van der Waals surface area contributed by atoms with E-state index in [9.17, 15) is 0 Å². The number of anilines is 1. The topological polar surface area (TPSA) is 29.0 Å². The molecule has 1 aliphatic rings. The van der Waals surface area contributed by atoms with Gasteiger partial charge in [0.1, 0.15) is 5.82 Å². The van der Waals surface area contributed by atoms with Gasteiger partial charge in [0.25, 0.3) is 0 Å². The molecule has 4 heteroatoms. The van der Waals surface area contributed by atoms with Crippen LogP contribution in [0.3, 0.4) is 0 Å². The van der Waals surface area contributed by atoms with Crippen LogP contribution in [0.1, 0.15) is 25.5 Å². The minimum Gasteiger partial charge on any atom is -0.355 e. The molecule has 0 bridgehead atoms. The van der Waals surface area contributed by atoms with E-state index in [0.29, 0.717) is 5.88 Å². The van der Waals surface area contributed by atoms with Crippen LogP contribution in [-0.4, -0.2) is 23.1 Å². The van der Waals surface area contributed by atoms with Crippen molar-refractivity contribution in [2.24, 2.45) is 5.92 Å². The lowest BCUT2D eigenvalue weighted by molar-refractivity contribution is 0.728. The summed E-state index contributed by atoms with van der Waals surface area (Å²) in [4.78, 5) is 10.9. The van der Waals surface area contributed by atoms with Crippen molar-refractivity contribution in [3.63, 3.8) is 0 Å². The van der Waals surface area contributed by atoms with Crippen molar-refractivity contribution >= 4 is 17.4 Å². The molecular formula is C11H16ClN3. The van der Waals surface area contributed by atoms with E-state index in [1.54, 1.807) is 6.20 Å². The van der Waals surface area contributed by atoms with Crippen molar-refractivity contribution < 1.29 is 0 Å². The molecule has 0 aliphatic heterocycles. The Morgan fingerprint density at radius 2 is 2.27 bits per heavy atom. The van der Waals surface area contributed by atoms with Gasteiger partial charge in [0, 0.05) is 19.3 Å². The number of hydrogen-bond donors (Lipinski definition) is 0. The van der Waals surface area contributed by atoms with Crippen molar-refractivity contribution in [3.8, 4) is 0 Å². The number of hydrogen-bond acceptors (Lipinski definition) is 3. The van der Waals surface area contributed by atoms with E-state index in [2.05, 4.69) is 21.8 Å². The average molecular weight is 226 g/mol. The Labute approximate surface area is 95.5 Å². The number of nitrogens with zero attached hydrogens (tertiary/aromatic N) is 3. The van der Waals surface area contributed by atoms with Gasteiger partial charge in [-0.3, -0.25) is 4.98 Å². The third-order valence-corrected chi connectivity index (χ3v) is 2.96. The van der Waals surface area contributed by atoms with Gasteiger partial charge >= 0.3 is 0 Å². The van der Waals surface area contributed by atoms with Crippen LogP contribution in [0.25, 0.3) is 0 Å². The molecule has 1 heterocycles. The van der Waals surface area contributed by atoms with Crippen molar-refractivity contribution in [1.29, 1.82) is 0 Å². The Balaban J connectivity index is 2.09. The zero-order valence-corrected chi connectivity index (χ0v) is 9.74. The zero-order chi connectivity index (χ0) is 10.7. The maximum absolute atomic E-state index is 5.74. The van der Waals surface area contributed by atoms with Crippen LogP contribution >= 0.6 is 11.6 Å². The molecule has 1 aliphatic carbocycles. The molecule has 15 heavy (non-hydrogen) atoms. The van der Waals surface area contributed by atoms with Crippen molar-refractivity contribution in [2.75, 3.05) is 18.0 Å². The molecule has 0 atom stereocenters. The number of rotatable bonds is 5. The third-order valence-electron chi connectivity index (χ3n) is 2.69. The Bertz CT molecular complexity index is 325. The Morgan fingerprint density at radius 3 is 2.87 bits per heavy atom. The van der Waals surface area contributed by atoms with Gasteiger partial charge in [-0.2, -0.15) is 0 Å². The Kier molecular flexibility index (Phi) is 3.41. The van der Waals surface area contributed by atoms with Crippen molar-refractivity contribution in [2.45, 2.75) is 25.6 Å². The maximum Gasteiger partial charge on any atom is 0.147 e. The summed E-state index contributed by atoms with van der Waals surface area (Å²) >= 11 is 5.74. The predicted octanol–water partition coefficient (Wildman–Crippen LogP) is 2.45. The summed E-state index contributed by atoms with van der Waals surface area (Å²) in [6.07, 6.45) is 6.27. The van der Waals surface area contributed by atoms with Gasteiger partial charge in [-0.1, -0.05) is 0 Å². The smallest absolute Gasteiger partial charge is 0.147 e. The summed E-state index contributed by atoms with van der Waals surface area (Å²) in [5, 5.41) is 0. The minimum absolute atomic E-state index is 0.432. The first-order valence-electron chi connectivity index (χ1n) is 5.45. The zero-order valence-electron chi connectivity index (χ0n) is 8.99. The molecule has 1 fully saturated rings. The molecule has 1 saturated carbocycles. The Hall–Kier alpha value is -0.830. The molecule has 0 radical (unpaired) electrons. The normalized spacial score (nSPS) is 15.3. The van der Waals surface area contributed by atoms with Gasteiger partial charge in [0.2, 0.25) is 0 Å². The van der Waals surface area contributed by atoms with Crippen molar-refractivity contribution in [3.05, 3.63) is 18.1 Å². The van der Waals surface area contributed by atoms with Crippen molar-refractivity contribution in [1.82, 2.24) is 9.97 Å². The van der Waals surface area contributed by atoms with E-state index < -0.39 is 0 Å². The number of alkyl halides is 1. The second-order valence-electron chi connectivity index (χ2n) is 3.98. The monoisotopic (exact) mass is 225 g/mol. The van der Waals surface area contributed by atoms with Gasteiger partial charge in [0.15, 0.2) is 0 Å². The summed E-state index contributed by atoms with van der Waals surface area (Å²) in [5.41, 5.74) is 0.850. The van der Waals surface area contributed by atoms with Gasteiger partial charge in [-0.25, -0.2) is 4.98 Å². The highest BCUT2D eigenvalue weighted by molar-refractivity contribution is 6.16. The summed E-state index contributed by atoms with van der Waals surface area (Å²) in [6.45, 7) is 4.24. The fraction of sp³-hybridized carbons (Fsp3) is 0.636. The van der Waals surface area contributed by atoms with E-state index in [1.165, 1.54) is 12.8 Å². The van der Waals surface area contributed by atoms with E-state index >= 15 is 0 Å². The molecule has 0 spiro atoms. The largest absolute Gasteiger partial charge is 0.355 e. The van der Waals surface area contributed by atoms with Crippen LogP contribution in [0.5, 0.6) is 0 Å². The fourth-order valence-corrected chi connectivity index (χ4v) is 1.74. The second kappa shape index (κ2) is 4.79. The lowest BCUT2D eigenvalue weighted by Crippen LogP contribution is -2.26. The van der Waals surface area contributed by atoms with Gasteiger partial charge in [-0.15, -0.1) is 11.6 Å². The molecule has 82 valence electrons. The predicted molar refractivity (Wildman–Crippen MR) is 62.2 cm³/mol. The van der Waals surface area contributed by atoms with Gasteiger partial charge in [-0.05, 0) is 25.7 Å². The second-order valence-corrected chi connectivity index (χ2v) is 4.25. The van der Waals surface area contributed by atoms with Crippen LogP contribution in [0.15, 0.2) is 12.4 Å². The van der Waals surface area contributed by atoms with E-state index in [0.717, 1.165) is 30.5 Å². The molecule has 3 nitrogen and oxygen atoms in total. The standard InChI is InChI=1S/C11H16ClN3/c1-2-15(8-9-3-4-9)11-7-13-6-10(5-12)14-11/h6-7,9H,2-5,8H2,1H3. The third kappa shape index (κ3) is 2.81. The molecule has 2 rings (SSSR count). The number of aromatic nitrogens is 2. The van der Waals surface area contributed by atoms with E-state index in [1.807, 2.05) is 6.20 Å². The molecule has 0 aromatic carbocycles. The lowest BCUT2D eigenvalue weighted by atomic mass is 10.3. The fourth-order valence-electron chi connectivity index (χ4n) is 1.61. The highest BCUT2D eigenvalue weighted by Gasteiger charge is 2.24. The van der Waals surface area contributed by atoms with Crippen LogP contribution < -0.4 is 4.90 Å². The summed E-state index contributed by atoms with van der Waals surface area (Å²) in [7, 11) is 0. The maximum atomic E-state index is 5.74. The summed E-state index contributed by atoms with van der Waals surface area (Å²) in [5.74, 6) is 2.26. The van der Waals surface area contributed by atoms with Crippen LogP contribution in [-0.2, 0) is 5.88 Å². The number of halogens is 1. The molecule has 0 unspecified atom stereocenters. The molecule has 1 aromatic heterocycles.